The van der Waals surface area contributed by atoms with Crippen LogP contribution in [0.5, 0.6) is 0 Å². The molecule has 2 aliphatic carbocycles. The lowest BCUT2D eigenvalue weighted by Gasteiger charge is -2.58. The monoisotopic (exact) mass is 568 g/mol. The van der Waals surface area contributed by atoms with Crippen molar-refractivity contribution in [1.82, 2.24) is 15.5 Å². The Kier molecular flexibility index (Phi) is 6.74. The number of hydrogen-bond donors (Lipinski definition) is 3. The molecular weight excluding hydrogens is 541 g/mol. The fraction of sp³-hybridized carbons (Fsp3) is 0.333. The molecule has 1 heterocycles. The number of benzene rings is 3. The third-order valence-electron chi connectivity index (χ3n) is 8.49. The van der Waals surface area contributed by atoms with Gasteiger partial charge < -0.3 is 16.0 Å². The third kappa shape index (κ3) is 5.04. The Balaban J connectivity index is 1.04. The van der Waals surface area contributed by atoms with Crippen LogP contribution in [0.1, 0.15) is 40.7 Å². The van der Waals surface area contributed by atoms with Crippen LogP contribution in [0.15, 0.2) is 72.8 Å². The SMILES string of the molecule is O=C(CNC(=O)c1ccccc1Nc1cccc(C(F)(F)F)c1)N[C@]12C[C@H]3CC1[C@@H](C2)N3Cc1ccc(Cl)cc1. The summed E-state index contributed by atoms with van der Waals surface area (Å²) < 4.78 is 39.3. The predicted octanol–water partition coefficient (Wildman–Crippen LogP) is 5.75. The molecule has 10 heteroatoms. The second-order valence-corrected chi connectivity index (χ2v) is 11.3. The van der Waals surface area contributed by atoms with Crippen molar-refractivity contribution in [2.45, 2.75) is 49.6 Å². The van der Waals surface area contributed by atoms with Crippen molar-refractivity contribution in [2.75, 3.05) is 11.9 Å². The van der Waals surface area contributed by atoms with Crippen molar-refractivity contribution in [1.29, 1.82) is 0 Å². The number of fused-ring (bicyclic) bond motifs is 1. The normalized spacial score (nSPS) is 24.9. The average molecular weight is 569 g/mol. The molecule has 0 radical (unpaired) electrons. The Hall–Kier alpha value is -3.56. The predicted molar refractivity (Wildman–Crippen MR) is 146 cm³/mol. The van der Waals surface area contributed by atoms with Crippen molar-refractivity contribution < 1.29 is 22.8 Å². The summed E-state index contributed by atoms with van der Waals surface area (Å²) in [4.78, 5) is 28.4. The zero-order valence-electron chi connectivity index (χ0n) is 21.5. The molecule has 6 nitrogen and oxygen atoms in total. The Morgan fingerprint density at radius 1 is 1.00 bits per heavy atom. The van der Waals surface area contributed by atoms with Gasteiger partial charge in [-0.25, -0.2) is 0 Å². The standard InChI is InChI=1S/C30H28ClF3N4O2/c31-20-10-8-18(9-11-20)17-38-22-13-24-26(38)15-29(24,14-22)37-27(39)16-35-28(40)23-6-1-2-7-25(23)36-21-5-3-4-19(12-21)30(32,33)34/h1-12,22,24,26,36H,13-17H2,(H,35,40)(H,37,39)/t22-,24?,26-,29+/m1/s1. The molecule has 0 spiro atoms. The first-order valence-corrected chi connectivity index (χ1v) is 13.6. The molecule has 6 rings (SSSR count). The number of amides is 2. The van der Waals surface area contributed by atoms with E-state index in [1.165, 1.54) is 17.7 Å². The maximum Gasteiger partial charge on any atom is 0.416 e. The van der Waals surface area contributed by atoms with Crippen LogP contribution >= 0.6 is 11.6 Å². The first-order valence-electron chi connectivity index (χ1n) is 13.2. The Bertz CT molecular complexity index is 1450. The van der Waals surface area contributed by atoms with Gasteiger partial charge in [-0.05, 0) is 73.2 Å². The van der Waals surface area contributed by atoms with E-state index in [-0.39, 0.29) is 29.2 Å². The molecule has 1 aliphatic heterocycles. The van der Waals surface area contributed by atoms with E-state index in [0.29, 0.717) is 23.7 Å². The number of nitrogens with zero attached hydrogens (tertiary/aromatic N) is 1. The molecule has 208 valence electrons. The first kappa shape index (κ1) is 26.7. The molecule has 2 bridgehead atoms. The molecule has 3 aliphatic rings. The van der Waals surface area contributed by atoms with Crippen LogP contribution in [-0.4, -0.2) is 40.9 Å². The highest BCUT2D eigenvalue weighted by Gasteiger charge is 2.68. The second-order valence-electron chi connectivity index (χ2n) is 10.9. The van der Waals surface area contributed by atoms with Crippen LogP contribution in [0.3, 0.4) is 0 Å². The van der Waals surface area contributed by atoms with E-state index in [9.17, 15) is 22.8 Å². The smallest absolute Gasteiger partial charge is 0.355 e. The maximum atomic E-state index is 13.1. The van der Waals surface area contributed by atoms with Gasteiger partial charge in [0, 0.05) is 34.9 Å². The van der Waals surface area contributed by atoms with Gasteiger partial charge in [0.1, 0.15) is 0 Å². The van der Waals surface area contributed by atoms with Gasteiger partial charge in [-0.15, -0.1) is 0 Å². The van der Waals surface area contributed by atoms with E-state index < -0.39 is 17.6 Å². The van der Waals surface area contributed by atoms with Crippen LogP contribution in [0, 0.1) is 5.92 Å². The van der Waals surface area contributed by atoms with E-state index in [1.807, 2.05) is 12.1 Å². The highest BCUT2D eigenvalue weighted by molar-refractivity contribution is 6.30. The molecule has 2 amide bonds. The van der Waals surface area contributed by atoms with Gasteiger partial charge in [0.15, 0.2) is 0 Å². The number of rotatable bonds is 8. The molecule has 3 aromatic carbocycles. The van der Waals surface area contributed by atoms with Gasteiger partial charge >= 0.3 is 6.18 Å². The van der Waals surface area contributed by atoms with Gasteiger partial charge in [-0.3, -0.25) is 14.5 Å². The summed E-state index contributed by atoms with van der Waals surface area (Å²) in [6.07, 6.45) is -1.63. The molecular formula is C30H28ClF3N4O2. The molecule has 2 saturated carbocycles. The highest BCUT2D eigenvalue weighted by atomic mass is 35.5. The zero-order chi connectivity index (χ0) is 28.1. The molecule has 3 fully saturated rings. The van der Waals surface area contributed by atoms with E-state index in [2.05, 4.69) is 33.0 Å². The number of para-hydroxylation sites is 1. The van der Waals surface area contributed by atoms with Gasteiger partial charge in [0.25, 0.3) is 5.91 Å². The number of piperidine rings is 2. The Labute approximate surface area is 234 Å². The minimum atomic E-state index is -4.48. The van der Waals surface area contributed by atoms with Crippen LogP contribution in [-0.2, 0) is 17.5 Å². The third-order valence-corrected chi connectivity index (χ3v) is 8.74. The summed E-state index contributed by atoms with van der Waals surface area (Å²) in [5, 5.41) is 9.49. The van der Waals surface area contributed by atoms with E-state index in [4.69, 9.17) is 11.6 Å². The number of likely N-dealkylation sites (tertiary alicyclic amines) is 1. The fourth-order valence-electron chi connectivity index (χ4n) is 6.70. The van der Waals surface area contributed by atoms with Crippen LogP contribution in [0.4, 0.5) is 24.5 Å². The molecule has 1 unspecified atom stereocenters. The summed E-state index contributed by atoms with van der Waals surface area (Å²) in [7, 11) is 0. The molecule has 3 N–H and O–H groups in total. The molecule has 0 aromatic heterocycles. The second kappa shape index (κ2) is 10.1. The van der Waals surface area contributed by atoms with E-state index in [1.54, 1.807) is 24.3 Å². The lowest BCUT2D eigenvalue weighted by molar-refractivity contribution is -0.137. The first-order chi connectivity index (χ1) is 19.1. The quantitative estimate of drug-likeness (QED) is 0.323. The number of carbonyl (C=O) groups excluding carboxylic acids is 2. The van der Waals surface area contributed by atoms with Crippen LogP contribution < -0.4 is 16.0 Å². The van der Waals surface area contributed by atoms with Gasteiger partial charge in [0.2, 0.25) is 5.91 Å². The average Bonchev–Trinajstić information content (AvgIpc) is 3.35. The number of nitrogens with one attached hydrogen (secondary N) is 3. The lowest BCUT2D eigenvalue weighted by atomic mass is 9.63. The van der Waals surface area contributed by atoms with E-state index in [0.717, 1.165) is 43.0 Å². The minimum absolute atomic E-state index is 0.185. The lowest BCUT2D eigenvalue weighted by Crippen LogP contribution is -2.71. The largest absolute Gasteiger partial charge is 0.416 e. The molecule has 1 saturated heterocycles. The van der Waals surface area contributed by atoms with Crippen LogP contribution in [0.2, 0.25) is 5.02 Å². The molecule has 4 atom stereocenters. The summed E-state index contributed by atoms with van der Waals surface area (Å²) >= 11 is 6.02. The van der Waals surface area contributed by atoms with E-state index >= 15 is 0 Å². The number of alkyl halides is 3. The Morgan fingerprint density at radius 2 is 1.77 bits per heavy atom. The number of hydrogen-bond acceptors (Lipinski definition) is 4. The summed E-state index contributed by atoms with van der Waals surface area (Å²) in [5.74, 6) is -0.329. The van der Waals surface area contributed by atoms with Crippen molar-refractivity contribution in [3.63, 3.8) is 0 Å². The minimum Gasteiger partial charge on any atom is -0.355 e. The number of carbonyl (C=O) groups is 2. The van der Waals surface area contributed by atoms with Crippen LogP contribution in [0.25, 0.3) is 0 Å². The zero-order valence-corrected chi connectivity index (χ0v) is 22.2. The summed E-state index contributed by atoms with van der Waals surface area (Å²) in [6.45, 7) is 0.687. The molecule has 40 heavy (non-hydrogen) atoms. The van der Waals surface area contributed by atoms with Gasteiger partial charge in [0.05, 0.1) is 23.4 Å². The maximum absolute atomic E-state index is 13.1. The summed E-state index contributed by atoms with van der Waals surface area (Å²) in [5.41, 5.74) is 0.997. The van der Waals surface area contributed by atoms with Crippen molar-refractivity contribution >= 4 is 34.8 Å². The fourth-order valence-corrected chi connectivity index (χ4v) is 6.83. The molecule has 3 aromatic rings. The number of anilines is 2. The Morgan fingerprint density at radius 3 is 2.50 bits per heavy atom. The highest BCUT2D eigenvalue weighted by Crippen LogP contribution is 2.60. The van der Waals surface area contributed by atoms with Gasteiger partial charge in [-0.1, -0.05) is 41.9 Å². The summed E-state index contributed by atoms with van der Waals surface area (Å²) in [6, 6.07) is 20.0. The number of halogens is 4. The van der Waals surface area contributed by atoms with Crippen molar-refractivity contribution in [3.05, 3.63) is 94.5 Å². The van der Waals surface area contributed by atoms with Gasteiger partial charge in [-0.2, -0.15) is 13.2 Å². The topological polar surface area (TPSA) is 73.5 Å². The van der Waals surface area contributed by atoms with Crippen molar-refractivity contribution in [2.24, 2.45) is 5.92 Å². The van der Waals surface area contributed by atoms with Crippen molar-refractivity contribution in [3.8, 4) is 0 Å².